The van der Waals surface area contributed by atoms with Crippen LogP contribution in [0.5, 0.6) is 0 Å². The van der Waals surface area contributed by atoms with Gasteiger partial charge in [-0.3, -0.25) is 4.79 Å². The van der Waals surface area contributed by atoms with Crippen molar-refractivity contribution >= 4 is 28.3 Å². The number of amides is 1. The lowest BCUT2D eigenvalue weighted by Crippen LogP contribution is -2.37. The lowest BCUT2D eigenvalue weighted by atomic mass is 9.65. The molecule has 0 aromatic heterocycles. The van der Waals surface area contributed by atoms with Gasteiger partial charge in [0.1, 0.15) is 0 Å². The van der Waals surface area contributed by atoms with Crippen LogP contribution >= 0.6 is 11.6 Å². The lowest BCUT2D eigenvalue weighted by molar-refractivity contribution is 0.0708. The molecule has 154 valence electrons. The van der Waals surface area contributed by atoms with Crippen molar-refractivity contribution in [3.8, 4) is 11.1 Å². The van der Waals surface area contributed by atoms with Crippen LogP contribution in [0.4, 0.5) is 0 Å². The van der Waals surface area contributed by atoms with E-state index < -0.39 is 0 Å². The number of likely N-dealkylation sites (tertiary alicyclic amines) is 1. The molecule has 0 N–H and O–H groups in total. The number of hydrogen-bond donors (Lipinski definition) is 0. The summed E-state index contributed by atoms with van der Waals surface area (Å²) in [4.78, 5) is 15.6. The monoisotopic (exact) mass is 417 g/mol. The third kappa shape index (κ3) is 3.32. The van der Waals surface area contributed by atoms with Gasteiger partial charge in [-0.05, 0) is 64.1 Å². The standard InChI is InChI=1S/C27H28ClNO/c1-26(2)14-20-15-27(3,16-26)17-29(20)25(30)23-12-11-19(13-24(23)28)22-10-6-8-18-7-4-5-9-21(18)22/h4-13,20H,14-17H2,1-3H3/t20-,27-/m1/s1. The molecular weight excluding hydrogens is 390 g/mol. The largest absolute Gasteiger partial charge is 0.335 e. The number of fused-ring (bicyclic) bond motifs is 3. The topological polar surface area (TPSA) is 20.3 Å². The molecule has 2 fully saturated rings. The van der Waals surface area contributed by atoms with E-state index in [1.165, 1.54) is 17.2 Å². The van der Waals surface area contributed by atoms with E-state index in [2.05, 4.69) is 68.1 Å². The molecule has 1 aliphatic heterocycles. The number of carbonyl (C=O) groups excluding carboxylic acids is 1. The molecule has 0 spiro atoms. The summed E-state index contributed by atoms with van der Waals surface area (Å²) in [6.07, 6.45) is 3.35. The minimum absolute atomic E-state index is 0.0795. The maximum absolute atomic E-state index is 13.5. The first-order valence-corrected chi connectivity index (χ1v) is 11.2. The number of carbonyl (C=O) groups is 1. The molecule has 5 rings (SSSR count). The molecule has 3 heteroatoms. The SMILES string of the molecule is CC1(C)C[C@@H]2C[C@@](C)(CN2C(=O)c2ccc(-c3cccc4ccccc34)cc2Cl)C1. The van der Waals surface area contributed by atoms with Crippen LogP contribution in [0.15, 0.2) is 60.7 Å². The van der Waals surface area contributed by atoms with Gasteiger partial charge in [0.05, 0.1) is 10.6 Å². The van der Waals surface area contributed by atoms with Crippen molar-refractivity contribution in [2.24, 2.45) is 10.8 Å². The minimum atomic E-state index is 0.0795. The molecule has 1 aliphatic carbocycles. The van der Waals surface area contributed by atoms with E-state index in [1.807, 2.05) is 18.2 Å². The molecule has 2 aliphatic rings. The maximum atomic E-state index is 13.5. The van der Waals surface area contributed by atoms with E-state index in [0.717, 1.165) is 30.5 Å². The second-order valence-corrected chi connectivity index (χ2v) is 10.8. The Kier molecular flexibility index (Phi) is 4.48. The predicted molar refractivity (Wildman–Crippen MR) is 125 cm³/mol. The molecule has 1 amide bonds. The van der Waals surface area contributed by atoms with Crippen molar-refractivity contribution in [1.29, 1.82) is 0 Å². The van der Waals surface area contributed by atoms with Crippen molar-refractivity contribution in [3.63, 3.8) is 0 Å². The van der Waals surface area contributed by atoms with Gasteiger partial charge >= 0.3 is 0 Å². The second kappa shape index (κ2) is 6.85. The average Bonchev–Trinajstić information content (AvgIpc) is 2.95. The van der Waals surface area contributed by atoms with Crippen LogP contribution in [0, 0.1) is 10.8 Å². The Labute approximate surface area is 183 Å². The van der Waals surface area contributed by atoms with E-state index in [9.17, 15) is 4.79 Å². The van der Waals surface area contributed by atoms with Gasteiger partial charge in [-0.1, -0.05) is 80.9 Å². The normalized spacial score (nSPS) is 24.9. The molecule has 1 saturated carbocycles. The molecule has 3 aromatic rings. The van der Waals surface area contributed by atoms with Crippen LogP contribution in [0.1, 0.15) is 50.4 Å². The number of benzene rings is 3. The van der Waals surface area contributed by atoms with Crippen molar-refractivity contribution < 1.29 is 4.79 Å². The Morgan fingerprint density at radius 2 is 1.77 bits per heavy atom. The number of nitrogens with zero attached hydrogens (tertiary/aromatic N) is 1. The summed E-state index contributed by atoms with van der Waals surface area (Å²) >= 11 is 6.69. The molecule has 3 aromatic carbocycles. The molecule has 0 unspecified atom stereocenters. The summed E-state index contributed by atoms with van der Waals surface area (Å²) in [7, 11) is 0. The van der Waals surface area contributed by atoms with Gasteiger partial charge in [0, 0.05) is 12.6 Å². The van der Waals surface area contributed by atoms with Crippen LogP contribution in [0.2, 0.25) is 5.02 Å². The fourth-order valence-corrected chi connectivity index (χ4v) is 6.45. The summed E-state index contributed by atoms with van der Waals surface area (Å²) in [6.45, 7) is 7.83. The summed E-state index contributed by atoms with van der Waals surface area (Å²) < 4.78 is 0. The lowest BCUT2D eigenvalue weighted by Gasteiger charge is -2.39. The first kappa shape index (κ1) is 19.6. The molecular formula is C27H28ClNO. The Bertz CT molecular complexity index is 1150. The van der Waals surface area contributed by atoms with Gasteiger partial charge in [0.25, 0.3) is 5.91 Å². The third-order valence-electron chi connectivity index (χ3n) is 6.98. The summed E-state index contributed by atoms with van der Waals surface area (Å²) in [5.41, 5.74) is 3.31. The minimum Gasteiger partial charge on any atom is -0.335 e. The summed E-state index contributed by atoms with van der Waals surface area (Å²) in [5.74, 6) is 0.0795. The zero-order chi connectivity index (χ0) is 21.1. The molecule has 2 bridgehead atoms. The van der Waals surface area contributed by atoms with Crippen molar-refractivity contribution in [2.45, 2.75) is 46.1 Å². The van der Waals surface area contributed by atoms with Gasteiger partial charge in [-0.25, -0.2) is 0 Å². The van der Waals surface area contributed by atoms with Gasteiger partial charge in [-0.2, -0.15) is 0 Å². The summed E-state index contributed by atoms with van der Waals surface area (Å²) in [6, 6.07) is 20.9. The van der Waals surface area contributed by atoms with Crippen molar-refractivity contribution in [3.05, 3.63) is 71.2 Å². The van der Waals surface area contributed by atoms with E-state index in [4.69, 9.17) is 11.6 Å². The van der Waals surface area contributed by atoms with E-state index in [-0.39, 0.29) is 16.7 Å². The van der Waals surface area contributed by atoms with Crippen LogP contribution < -0.4 is 0 Å². The van der Waals surface area contributed by atoms with Crippen molar-refractivity contribution in [2.75, 3.05) is 6.54 Å². The Hall–Kier alpha value is -2.32. The quantitative estimate of drug-likeness (QED) is 0.431. The zero-order valence-corrected chi connectivity index (χ0v) is 18.7. The van der Waals surface area contributed by atoms with Crippen LogP contribution in [-0.2, 0) is 0 Å². The van der Waals surface area contributed by atoms with E-state index in [0.29, 0.717) is 16.6 Å². The summed E-state index contributed by atoms with van der Waals surface area (Å²) in [5, 5.41) is 2.93. The predicted octanol–water partition coefficient (Wildman–Crippen LogP) is 7.20. The van der Waals surface area contributed by atoms with E-state index in [1.54, 1.807) is 0 Å². The average molecular weight is 418 g/mol. The fraction of sp³-hybridized carbons (Fsp3) is 0.370. The highest BCUT2D eigenvalue weighted by molar-refractivity contribution is 6.34. The Morgan fingerprint density at radius 3 is 2.57 bits per heavy atom. The Morgan fingerprint density at radius 1 is 1.00 bits per heavy atom. The molecule has 1 saturated heterocycles. The number of rotatable bonds is 2. The molecule has 2 nitrogen and oxygen atoms in total. The van der Waals surface area contributed by atoms with Gasteiger partial charge in [-0.15, -0.1) is 0 Å². The molecule has 2 atom stereocenters. The molecule has 30 heavy (non-hydrogen) atoms. The highest BCUT2D eigenvalue weighted by Crippen LogP contribution is 2.52. The maximum Gasteiger partial charge on any atom is 0.255 e. The smallest absolute Gasteiger partial charge is 0.255 e. The number of hydrogen-bond acceptors (Lipinski definition) is 1. The zero-order valence-electron chi connectivity index (χ0n) is 17.9. The fourth-order valence-electron chi connectivity index (χ4n) is 6.19. The number of halogens is 1. The van der Waals surface area contributed by atoms with Crippen LogP contribution in [0.25, 0.3) is 21.9 Å². The molecule has 1 heterocycles. The highest BCUT2D eigenvalue weighted by Gasteiger charge is 2.51. The van der Waals surface area contributed by atoms with Crippen molar-refractivity contribution in [1.82, 2.24) is 4.90 Å². The third-order valence-corrected chi connectivity index (χ3v) is 7.29. The van der Waals surface area contributed by atoms with Crippen LogP contribution in [0.3, 0.4) is 0 Å². The van der Waals surface area contributed by atoms with Gasteiger partial charge in [0.15, 0.2) is 0 Å². The molecule has 0 radical (unpaired) electrons. The first-order chi connectivity index (χ1) is 14.2. The Balaban J connectivity index is 1.48. The van der Waals surface area contributed by atoms with Crippen LogP contribution in [-0.4, -0.2) is 23.4 Å². The highest BCUT2D eigenvalue weighted by atomic mass is 35.5. The van der Waals surface area contributed by atoms with Gasteiger partial charge < -0.3 is 4.90 Å². The first-order valence-electron chi connectivity index (χ1n) is 10.8. The van der Waals surface area contributed by atoms with Gasteiger partial charge in [0.2, 0.25) is 0 Å². The second-order valence-electron chi connectivity index (χ2n) is 10.4. The van der Waals surface area contributed by atoms with E-state index >= 15 is 0 Å².